The van der Waals surface area contributed by atoms with Gasteiger partial charge in [-0.25, -0.2) is 0 Å². The normalized spacial score (nSPS) is 8.77. The summed E-state index contributed by atoms with van der Waals surface area (Å²) in [5.41, 5.74) is 4.88. The van der Waals surface area contributed by atoms with Crippen molar-refractivity contribution in [2.75, 3.05) is 0 Å². The van der Waals surface area contributed by atoms with E-state index in [0.29, 0.717) is 0 Å². The van der Waals surface area contributed by atoms with E-state index in [9.17, 15) is 0 Å². The average molecular weight is 461 g/mol. The molecule has 0 atom stereocenters. The second-order valence-corrected chi connectivity index (χ2v) is 7.97. The predicted octanol–water partition coefficient (Wildman–Crippen LogP) is 6.77. The molecule has 0 aliphatic heterocycles. The van der Waals surface area contributed by atoms with Crippen LogP contribution in [0, 0.1) is 12.1 Å². The summed E-state index contributed by atoms with van der Waals surface area (Å²) in [6, 6.07) is 34.8. The van der Waals surface area contributed by atoms with Crippen LogP contribution in [0.3, 0.4) is 0 Å². The fourth-order valence-electron chi connectivity index (χ4n) is 2.12. The van der Waals surface area contributed by atoms with Crippen molar-refractivity contribution in [3.05, 3.63) is 97.1 Å². The molecule has 4 aliphatic rings. The Kier molecular flexibility index (Phi) is 13.2. The van der Waals surface area contributed by atoms with Crippen LogP contribution in [0.1, 0.15) is 13.8 Å². The summed E-state index contributed by atoms with van der Waals surface area (Å²) in [5, 5.41) is 0. The van der Waals surface area contributed by atoms with Crippen LogP contribution in [-0.2, 0) is 24.2 Å². The third kappa shape index (κ3) is 8.90. The molecule has 0 radical (unpaired) electrons. The van der Waals surface area contributed by atoms with Crippen LogP contribution >= 0.6 is 24.8 Å². The van der Waals surface area contributed by atoms with Crippen LogP contribution in [0.5, 0.6) is 0 Å². The summed E-state index contributed by atoms with van der Waals surface area (Å²) in [6.45, 7) is 4.25. The molecule has 0 heterocycles. The fraction of sp³-hybridized carbons (Fsp3) is 0.0870. The molecule has 0 unspecified atom stereocenters. The molecule has 0 saturated heterocycles. The van der Waals surface area contributed by atoms with Gasteiger partial charge in [-0.05, 0) is 0 Å². The van der Waals surface area contributed by atoms with E-state index >= 15 is 0 Å². The van der Waals surface area contributed by atoms with E-state index in [-0.39, 0.29) is 24.8 Å². The van der Waals surface area contributed by atoms with Crippen LogP contribution in [0.2, 0.25) is 0 Å². The molecule has 0 spiro atoms. The van der Waals surface area contributed by atoms with Gasteiger partial charge in [0.05, 0.1) is 0 Å². The van der Waals surface area contributed by atoms with Crippen molar-refractivity contribution in [1.82, 2.24) is 0 Å². The maximum absolute atomic E-state index is 3.14. The van der Waals surface area contributed by atoms with Gasteiger partial charge >= 0.3 is 41.3 Å². The molecule has 0 nitrogen and oxygen atoms in total. The van der Waals surface area contributed by atoms with E-state index in [1.165, 1.54) is 25.5 Å². The Morgan fingerprint density at radius 1 is 0.615 bits per heavy atom. The molecule has 0 aromatic heterocycles. The molecule has 0 aromatic rings. The number of halogens is 2. The summed E-state index contributed by atoms with van der Waals surface area (Å²) >= 11 is 1.55. The van der Waals surface area contributed by atoms with E-state index in [0.717, 1.165) is 0 Å². The van der Waals surface area contributed by atoms with Gasteiger partial charge in [0.2, 0.25) is 0 Å². The smallest absolute Gasteiger partial charge is 0.0723 e. The second-order valence-electron chi connectivity index (χ2n) is 5.51. The van der Waals surface area contributed by atoms with Crippen molar-refractivity contribution in [2.24, 2.45) is 0 Å². The minimum atomic E-state index is 0. The Morgan fingerprint density at radius 3 is 1.35 bits per heavy atom. The van der Waals surface area contributed by atoms with E-state index in [4.69, 9.17) is 0 Å². The Morgan fingerprint density at radius 2 is 0.962 bits per heavy atom. The number of fused-ring (bicyclic) bond motifs is 2. The van der Waals surface area contributed by atoms with Crippen LogP contribution in [0.25, 0.3) is 22.3 Å². The van der Waals surface area contributed by atoms with Gasteiger partial charge in [0.15, 0.2) is 0 Å². The van der Waals surface area contributed by atoms with Gasteiger partial charge in [-0.1, -0.05) is 24.3 Å². The third-order valence-electron chi connectivity index (χ3n) is 3.15. The molecule has 0 bridgehead atoms. The molecular formula is C23H22Cl2Zr. The Bertz CT molecular complexity index is 705. The summed E-state index contributed by atoms with van der Waals surface area (Å²) in [7, 11) is 0. The Labute approximate surface area is 184 Å². The second kappa shape index (κ2) is 13.9. The van der Waals surface area contributed by atoms with E-state index < -0.39 is 0 Å². The SMILES string of the molecule is C[C](C)=[Zr+2].Cl.Cl.[c-]1ccc2cccccc1-2.[c-]1ccc2cccccc1-2. The zero-order valence-corrected chi connectivity index (χ0v) is 19.0. The molecule has 3 heteroatoms. The summed E-state index contributed by atoms with van der Waals surface area (Å²) in [5.74, 6) is 0. The number of rotatable bonds is 0. The minimum Gasteiger partial charge on any atom is -0.168 e. The molecule has 132 valence electrons. The number of hydrogen-bond donors (Lipinski definition) is 0. The largest absolute Gasteiger partial charge is 0.168 e. The van der Waals surface area contributed by atoms with Crippen molar-refractivity contribution in [2.45, 2.75) is 13.8 Å². The van der Waals surface area contributed by atoms with Crippen molar-refractivity contribution in [3.63, 3.8) is 0 Å². The molecule has 4 rings (SSSR count). The number of hydrogen-bond acceptors (Lipinski definition) is 0. The Hall–Kier alpha value is -1.27. The van der Waals surface area contributed by atoms with Crippen LogP contribution in [0.15, 0.2) is 84.9 Å². The standard InChI is InChI=1S/2C10H7.C3H6.2ClH.Zr/c2*1-2-5-9-7-4-8-10(9)6-3-1;1-3-2;;;/h2*1-7H;1-2H3;2*1H;/q2*-1;;;;+2. The molecule has 0 amide bonds. The predicted molar refractivity (Wildman–Crippen MR) is 115 cm³/mol. The average Bonchev–Trinajstić information content (AvgIpc) is 3.05. The van der Waals surface area contributed by atoms with E-state index in [2.05, 4.69) is 62.4 Å². The van der Waals surface area contributed by atoms with Crippen molar-refractivity contribution in [3.8, 4) is 22.3 Å². The Balaban J connectivity index is 0.000000378. The van der Waals surface area contributed by atoms with Crippen LogP contribution < -0.4 is 0 Å². The first kappa shape index (κ1) is 24.7. The maximum Gasteiger partial charge on any atom is -0.0723 e. The van der Waals surface area contributed by atoms with E-state index in [1.807, 2.05) is 48.5 Å². The quantitative estimate of drug-likeness (QED) is 0.254. The minimum absolute atomic E-state index is 0. The molecule has 4 aliphatic carbocycles. The van der Waals surface area contributed by atoms with Crippen molar-refractivity contribution < 1.29 is 24.2 Å². The maximum atomic E-state index is 3.14. The van der Waals surface area contributed by atoms with Gasteiger partial charge < -0.3 is 0 Å². The fourth-order valence-corrected chi connectivity index (χ4v) is 2.12. The van der Waals surface area contributed by atoms with Gasteiger partial charge in [-0.2, -0.15) is 35.4 Å². The first-order valence-corrected chi connectivity index (χ1v) is 9.12. The first-order chi connectivity index (χ1) is 11.7. The molecule has 0 saturated carbocycles. The van der Waals surface area contributed by atoms with Gasteiger partial charge in [-0.15, -0.1) is 84.5 Å². The molecule has 0 fully saturated rings. The van der Waals surface area contributed by atoms with E-state index in [1.54, 1.807) is 24.2 Å². The van der Waals surface area contributed by atoms with Crippen molar-refractivity contribution in [1.29, 1.82) is 0 Å². The molecular weight excluding hydrogens is 438 g/mol. The van der Waals surface area contributed by atoms with Crippen LogP contribution in [-0.4, -0.2) is 3.21 Å². The molecule has 0 aromatic carbocycles. The summed E-state index contributed by atoms with van der Waals surface area (Å²) in [4.78, 5) is 0. The monoisotopic (exact) mass is 458 g/mol. The molecule has 26 heavy (non-hydrogen) atoms. The third-order valence-corrected chi connectivity index (χ3v) is 3.15. The van der Waals surface area contributed by atoms with Crippen molar-refractivity contribution >= 4 is 28.0 Å². The zero-order valence-electron chi connectivity index (χ0n) is 14.9. The topological polar surface area (TPSA) is 0 Å². The summed E-state index contributed by atoms with van der Waals surface area (Å²) < 4.78 is 1.51. The van der Waals surface area contributed by atoms with Gasteiger partial charge in [0, 0.05) is 0 Å². The zero-order chi connectivity index (χ0) is 17.2. The van der Waals surface area contributed by atoms with Gasteiger partial charge in [0.1, 0.15) is 0 Å². The van der Waals surface area contributed by atoms with Gasteiger partial charge in [0.25, 0.3) is 0 Å². The first-order valence-electron chi connectivity index (χ1n) is 7.89. The van der Waals surface area contributed by atoms with Crippen LogP contribution in [0.4, 0.5) is 0 Å². The van der Waals surface area contributed by atoms with Gasteiger partial charge in [-0.3, -0.25) is 0 Å². The summed E-state index contributed by atoms with van der Waals surface area (Å²) in [6.07, 6.45) is 0. The molecule has 0 N–H and O–H groups in total.